The second-order valence-corrected chi connectivity index (χ2v) is 7.46. The van der Waals surface area contributed by atoms with Crippen molar-refractivity contribution in [2.24, 2.45) is 5.92 Å². The van der Waals surface area contributed by atoms with Crippen LogP contribution in [0.2, 0.25) is 0 Å². The van der Waals surface area contributed by atoms with Crippen molar-refractivity contribution in [1.29, 1.82) is 0 Å². The van der Waals surface area contributed by atoms with Gasteiger partial charge in [-0.15, -0.1) is 0 Å². The van der Waals surface area contributed by atoms with Gasteiger partial charge in [0, 0.05) is 23.6 Å². The molecular weight excluding hydrogens is 396 g/mol. The van der Waals surface area contributed by atoms with Crippen molar-refractivity contribution in [2.45, 2.75) is 13.8 Å². The maximum Gasteiger partial charge on any atom is 0.257 e. The fraction of sp³-hybridized carbons (Fsp3) is 0.217. The van der Waals surface area contributed by atoms with Crippen LogP contribution in [0.3, 0.4) is 0 Å². The van der Waals surface area contributed by atoms with E-state index >= 15 is 0 Å². The molecule has 0 atom stereocenters. The molecule has 3 amide bonds. The summed E-state index contributed by atoms with van der Waals surface area (Å²) in [6, 6.07) is 13.5. The molecular formula is C23H24N4O4. The summed E-state index contributed by atoms with van der Waals surface area (Å²) in [4.78, 5) is 52.5. The van der Waals surface area contributed by atoms with Crippen molar-refractivity contribution < 1.29 is 14.4 Å². The van der Waals surface area contributed by atoms with Crippen LogP contribution in [-0.2, 0) is 4.79 Å². The summed E-state index contributed by atoms with van der Waals surface area (Å²) < 4.78 is 0. The highest BCUT2D eigenvalue weighted by atomic mass is 16.2. The molecule has 0 aliphatic carbocycles. The van der Waals surface area contributed by atoms with E-state index in [9.17, 15) is 19.2 Å². The zero-order valence-electron chi connectivity index (χ0n) is 17.3. The zero-order chi connectivity index (χ0) is 22.4. The number of benzene rings is 2. The molecule has 0 unspecified atom stereocenters. The van der Waals surface area contributed by atoms with Crippen LogP contribution in [0.25, 0.3) is 10.9 Å². The molecule has 1 heterocycles. The first kappa shape index (κ1) is 21.8. The standard InChI is InChI=1S/C23H24N4O4/c1-14(2)11-25-22(30)16-8-4-6-10-19(16)27-20(28)13-26-23(31)17-12-24-18-9-5-3-7-15(18)21(17)29/h3-10,12,14H,11,13H2,1-2H3,(H,24,29)(H,25,30)(H,26,31)(H,27,28). The lowest BCUT2D eigenvalue weighted by atomic mass is 10.1. The molecule has 0 fully saturated rings. The van der Waals surface area contributed by atoms with Gasteiger partial charge in [-0.3, -0.25) is 19.2 Å². The van der Waals surface area contributed by atoms with Crippen molar-refractivity contribution in [3.8, 4) is 0 Å². The Balaban J connectivity index is 1.65. The summed E-state index contributed by atoms with van der Waals surface area (Å²) in [5.74, 6) is -1.18. The van der Waals surface area contributed by atoms with E-state index in [0.717, 1.165) is 0 Å². The number of H-pyrrole nitrogens is 1. The molecule has 0 aliphatic rings. The maximum atomic E-state index is 12.5. The Bertz CT molecular complexity index is 1180. The Morgan fingerprint density at radius 1 is 0.903 bits per heavy atom. The van der Waals surface area contributed by atoms with Gasteiger partial charge in [0.2, 0.25) is 11.3 Å². The van der Waals surface area contributed by atoms with Crippen LogP contribution in [0.1, 0.15) is 34.6 Å². The molecule has 8 heteroatoms. The number of amides is 3. The summed E-state index contributed by atoms with van der Waals surface area (Å²) in [5.41, 5.74) is 0.786. The largest absolute Gasteiger partial charge is 0.360 e. The Hall–Kier alpha value is -3.94. The summed E-state index contributed by atoms with van der Waals surface area (Å²) in [7, 11) is 0. The van der Waals surface area contributed by atoms with E-state index in [1.165, 1.54) is 6.20 Å². The SMILES string of the molecule is CC(C)CNC(=O)c1ccccc1NC(=O)CNC(=O)c1c[nH]c2ccccc2c1=O. The highest BCUT2D eigenvalue weighted by molar-refractivity contribution is 6.05. The third-order valence-electron chi connectivity index (χ3n) is 4.56. The van der Waals surface area contributed by atoms with Crippen molar-refractivity contribution in [2.75, 3.05) is 18.4 Å². The minimum absolute atomic E-state index is 0.0834. The number of pyridine rings is 1. The molecule has 160 valence electrons. The van der Waals surface area contributed by atoms with Crippen molar-refractivity contribution in [3.05, 3.63) is 76.1 Å². The van der Waals surface area contributed by atoms with Gasteiger partial charge in [0.15, 0.2) is 0 Å². The van der Waals surface area contributed by atoms with E-state index in [2.05, 4.69) is 20.9 Å². The maximum absolute atomic E-state index is 12.5. The van der Waals surface area contributed by atoms with Crippen molar-refractivity contribution >= 4 is 34.3 Å². The van der Waals surface area contributed by atoms with Crippen molar-refractivity contribution in [1.82, 2.24) is 15.6 Å². The number of nitrogens with one attached hydrogen (secondary N) is 4. The Kier molecular flexibility index (Phi) is 6.81. The molecule has 2 aromatic carbocycles. The second kappa shape index (κ2) is 9.71. The van der Waals surface area contributed by atoms with Crippen LogP contribution < -0.4 is 21.4 Å². The summed E-state index contributed by atoms with van der Waals surface area (Å²) in [6.45, 7) is 4.12. The smallest absolute Gasteiger partial charge is 0.257 e. The van der Waals surface area contributed by atoms with Crippen LogP contribution in [0, 0.1) is 5.92 Å². The summed E-state index contributed by atoms with van der Waals surface area (Å²) in [5, 5.41) is 8.27. The zero-order valence-corrected chi connectivity index (χ0v) is 17.3. The van der Waals surface area contributed by atoms with Crippen LogP contribution in [0.15, 0.2) is 59.5 Å². The number of carbonyl (C=O) groups is 3. The van der Waals surface area contributed by atoms with E-state index in [-0.39, 0.29) is 18.0 Å². The molecule has 1 aromatic heterocycles. The summed E-state index contributed by atoms with van der Waals surface area (Å²) >= 11 is 0. The molecule has 4 N–H and O–H groups in total. The fourth-order valence-corrected chi connectivity index (χ4v) is 2.97. The first-order chi connectivity index (χ1) is 14.9. The van der Waals surface area contributed by atoms with Crippen LogP contribution in [-0.4, -0.2) is 35.8 Å². The van der Waals surface area contributed by atoms with Gasteiger partial charge in [-0.2, -0.15) is 0 Å². The van der Waals surface area contributed by atoms with Gasteiger partial charge in [-0.1, -0.05) is 38.1 Å². The minimum atomic E-state index is -0.662. The van der Waals surface area contributed by atoms with Gasteiger partial charge in [-0.25, -0.2) is 0 Å². The number of hydrogen-bond donors (Lipinski definition) is 4. The van der Waals surface area contributed by atoms with Gasteiger partial charge in [0.05, 0.1) is 17.8 Å². The number of aromatic amines is 1. The van der Waals surface area contributed by atoms with Gasteiger partial charge in [-0.05, 0) is 30.2 Å². The number of fused-ring (bicyclic) bond motifs is 1. The molecule has 0 bridgehead atoms. The Morgan fingerprint density at radius 3 is 2.35 bits per heavy atom. The van der Waals surface area contributed by atoms with E-state index in [4.69, 9.17) is 0 Å². The first-order valence-electron chi connectivity index (χ1n) is 9.92. The Labute approximate surface area is 179 Å². The Morgan fingerprint density at radius 2 is 1.58 bits per heavy atom. The lowest BCUT2D eigenvalue weighted by Crippen LogP contribution is -2.36. The number of para-hydroxylation sites is 2. The third-order valence-corrected chi connectivity index (χ3v) is 4.56. The van der Waals surface area contributed by atoms with Gasteiger partial charge >= 0.3 is 0 Å². The average molecular weight is 420 g/mol. The van der Waals surface area contributed by atoms with Gasteiger partial charge < -0.3 is 20.9 Å². The molecule has 0 spiro atoms. The number of aromatic nitrogens is 1. The lowest BCUT2D eigenvalue weighted by molar-refractivity contribution is -0.115. The van der Waals surface area contributed by atoms with Gasteiger partial charge in [0.1, 0.15) is 5.56 Å². The average Bonchev–Trinajstić information content (AvgIpc) is 2.76. The molecule has 0 saturated carbocycles. The molecule has 3 aromatic rings. The van der Waals surface area contributed by atoms with E-state index in [1.54, 1.807) is 48.5 Å². The summed E-state index contributed by atoms with van der Waals surface area (Å²) in [6.07, 6.45) is 1.33. The molecule has 0 aliphatic heterocycles. The monoisotopic (exact) mass is 420 g/mol. The predicted octanol–water partition coefficient (Wildman–Crippen LogP) is 2.28. The molecule has 0 radical (unpaired) electrons. The fourth-order valence-electron chi connectivity index (χ4n) is 2.97. The topological polar surface area (TPSA) is 120 Å². The molecule has 31 heavy (non-hydrogen) atoms. The van der Waals surface area contributed by atoms with Crippen LogP contribution in [0.4, 0.5) is 5.69 Å². The third kappa shape index (κ3) is 5.36. The van der Waals surface area contributed by atoms with Crippen LogP contribution in [0.5, 0.6) is 0 Å². The van der Waals surface area contributed by atoms with Crippen molar-refractivity contribution in [3.63, 3.8) is 0 Å². The van der Waals surface area contributed by atoms with E-state index < -0.39 is 17.2 Å². The second-order valence-electron chi connectivity index (χ2n) is 7.46. The minimum Gasteiger partial charge on any atom is -0.360 e. The lowest BCUT2D eigenvalue weighted by Gasteiger charge is -2.13. The molecule has 3 rings (SSSR count). The van der Waals surface area contributed by atoms with E-state index in [1.807, 2.05) is 13.8 Å². The number of hydrogen-bond acceptors (Lipinski definition) is 4. The number of anilines is 1. The number of rotatable bonds is 7. The van der Waals surface area contributed by atoms with Gasteiger partial charge in [0.25, 0.3) is 11.8 Å². The van der Waals surface area contributed by atoms with Crippen LogP contribution >= 0.6 is 0 Å². The molecule has 0 saturated heterocycles. The highest BCUT2D eigenvalue weighted by Crippen LogP contribution is 2.15. The molecule has 8 nitrogen and oxygen atoms in total. The van der Waals surface area contributed by atoms with E-state index in [0.29, 0.717) is 34.6 Å². The first-order valence-corrected chi connectivity index (χ1v) is 9.92. The predicted molar refractivity (Wildman–Crippen MR) is 119 cm³/mol. The number of carbonyl (C=O) groups excluding carboxylic acids is 3. The highest BCUT2D eigenvalue weighted by Gasteiger charge is 2.16. The quantitative estimate of drug-likeness (QED) is 0.469. The normalized spacial score (nSPS) is 10.7.